The molecule has 1 aromatic rings. The number of benzene rings is 1. The lowest BCUT2D eigenvalue weighted by atomic mass is 9.83. The van der Waals surface area contributed by atoms with Crippen molar-refractivity contribution in [3.8, 4) is 6.07 Å². The Kier molecular flexibility index (Phi) is 8.88. The van der Waals surface area contributed by atoms with Crippen LogP contribution in [0, 0.1) is 17.2 Å². The van der Waals surface area contributed by atoms with Crippen LogP contribution in [0.25, 0.3) is 0 Å². The van der Waals surface area contributed by atoms with Gasteiger partial charge in [0.2, 0.25) is 5.91 Å². The summed E-state index contributed by atoms with van der Waals surface area (Å²) in [5.41, 5.74) is 0.175. The Morgan fingerprint density at radius 2 is 1.78 bits per heavy atom. The first-order chi connectivity index (χ1) is 12.8. The van der Waals surface area contributed by atoms with E-state index in [1.165, 1.54) is 12.1 Å². The number of rotatable bonds is 5. The summed E-state index contributed by atoms with van der Waals surface area (Å²) < 4.78 is 34.5. The summed E-state index contributed by atoms with van der Waals surface area (Å²) in [5.74, 6) is -1.16. The van der Waals surface area contributed by atoms with Crippen molar-refractivity contribution < 1.29 is 21.9 Å². The van der Waals surface area contributed by atoms with Gasteiger partial charge in [0.1, 0.15) is 6.54 Å². The smallest absolute Gasteiger partial charge is 0.332 e. The summed E-state index contributed by atoms with van der Waals surface area (Å²) in [5, 5.41) is 13.8. The molecule has 0 heterocycles. The number of nitrogens with zero attached hydrogens (tertiary/aromatic N) is 1. The van der Waals surface area contributed by atoms with E-state index in [0.29, 0.717) is 12.8 Å². The highest BCUT2D eigenvalue weighted by Crippen LogP contribution is 2.25. The minimum absolute atomic E-state index is 0.0881. The van der Waals surface area contributed by atoms with E-state index < -0.39 is 26.9 Å². The summed E-state index contributed by atoms with van der Waals surface area (Å²) in [6.45, 7) is 3.91. The molecule has 2 rings (SSSR count). The SMILES string of the molecule is CC.N#CCNC(=O)C1CCCCC1NC(=O)c1ccc(S(=O)(=O)F)cc1. The molecule has 0 aliphatic heterocycles. The standard InChI is InChI=1S/C16H18FN3O4S.C2H6/c17-25(23,24)12-7-5-11(6-8-12)15(21)20-14-4-2-1-3-13(14)16(22)19-10-9-18;1-2/h5-8,13-14H,1-4,10H2,(H,19,22)(H,20,21);1-2H3. The molecular formula is C18H24FN3O4S. The fourth-order valence-corrected chi connectivity index (χ4v) is 3.36. The summed E-state index contributed by atoms with van der Waals surface area (Å²) in [4.78, 5) is 23.9. The van der Waals surface area contributed by atoms with Crippen LogP contribution < -0.4 is 10.6 Å². The molecule has 27 heavy (non-hydrogen) atoms. The van der Waals surface area contributed by atoms with Gasteiger partial charge in [-0.15, -0.1) is 3.89 Å². The Morgan fingerprint density at radius 1 is 1.19 bits per heavy atom. The highest BCUT2D eigenvalue weighted by molar-refractivity contribution is 7.86. The van der Waals surface area contributed by atoms with E-state index >= 15 is 0 Å². The number of carbonyl (C=O) groups is 2. The van der Waals surface area contributed by atoms with E-state index in [1.807, 2.05) is 19.9 Å². The molecule has 1 aromatic carbocycles. The molecule has 2 amide bonds. The van der Waals surface area contributed by atoms with Crippen molar-refractivity contribution in [2.75, 3.05) is 6.54 Å². The Hall–Kier alpha value is -2.47. The fraction of sp³-hybridized carbons (Fsp3) is 0.500. The molecule has 7 nitrogen and oxygen atoms in total. The van der Waals surface area contributed by atoms with Gasteiger partial charge in [-0.1, -0.05) is 26.7 Å². The van der Waals surface area contributed by atoms with Crippen molar-refractivity contribution in [2.45, 2.75) is 50.5 Å². The van der Waals surface area contributed by atoms with Gasteiger partial charge >= 0.3 is 10.2 Å². The maximum Gasteiger partial charge on any atom is 0.332 e. The molecule has 0 saturated heterocycles. The zero-order valence-electron chi connectivity index (χ0n) is 15.4. The van der Waals surface area contributed by atoms with Gasteiger partial charge in [-0.25, -0.2) is 0 Å². The first-order valence-corrected chi connectivity index (χ1v) is 10.2. The summed E-state index contributed by atoms with van der Waals surface area (Å²) >= 11 is 0. The van der Waals surface area contributed by atoms with E-state index in [4.69, 9.17) is 5.26 Å². The molecule has 0 bridgehead atoms. The van der Waals surface area contributed by atoms with Gasteiger partial charge in [-0.05, 0) is 37.1 Å². The lowest BCUT2D eigenvalue weighted by Crippen LogP contribution is -2.48. The highest BCUT2D eigenvalue weighted by atomic mass is 32.3. The summed E-state index contributed by atoms with van der Waals surface area (Å²) in [6.07, 6.45) is 2.97. The maximum absolute atomic E-state index is 12.9. The van der Waals surface area contributed by atoms with Crippen molar-refractivity contribution in [3.05, 3.63) is 29.8 Å². The maximum atomic E-state index is 12.9. The third-order valence-corrected chi connectivity index (χ3v) is 4.99. The van der Waals surface area contributed by atoms with Gasteiger partial charge < -0.3 is 10.6 Å². The Balaban J connectivity index is 0.00000176. The lowest BCUT2D eigenvalue weighted by molar-refractivity contribution is -0.126. The van der Waals surface area contributed by atoms with Gasteiger partial charge in [0.25, 0.3) is 5.91 Å². The second kappa shape index (κ2) is 10.6. The van der Waals surface area contributed by atoms with Crippen molar-refractivity contribution >= 4 is 22.0 Å². The van der Waals surface area contributed by atoms with Gasteiger partial charge in [-0.3, -0.25) is 9.59 Å². The Bertz CT molecular complexity index is 788. The first-order valence-electron chi connectivity index (χ1n) is 8.83. The minimum Gasteiger partial charge on any atom is -0.349 e. The molecule has 1 aliphatic rings. The topological polar surface area (TPSA) is 116 Å². The highest BCUT2D eigenvalue weighted by Gasteiger charge is 2.32. The molecule has 0 spiro atoms. The van der Waals surface area contributed by atoms with E-state index in [0.717, 1.165) is 25.0 Å². The molecular weight excluding hydrogens is 373 g/mol. The number of nitrogens with one attached hydrogen (secondary N) is 2. The van der Waals surface area contributed by atoms with Crippen molar-refractivity contribution in [1.29, 1.82) is 5.26 Å². The number of hydrogen-bond donors (Lipinski definition) is 2. The van der Waals surface area contributed by atoms with Crippen LogP contribution in [0.2, 0.25) is 0 Å². The van der Waals surface area contributed by atoms with Gasteiger partial charge in [0, 0.05) is 11.6 Å². The van der Waals surface area contributed by atoms with Crippen LogP contribution in [0.3, 0.4) is 0 Å². The monoisotopic (exact) mass is 397 g/mol. The van der Waals surface area contributed by atoms with Crippen molar-refractivity contribution in [3.63, 3.8) is 0 Å². The Labute approximate surface area is 159 Å². The fourth-order valence-electron chi connectivity index (χ4n) is 2.90. The number of amides is 2. The van der Waals surface area contributed by atoms with Crippen LogP contribution in [-0.2, 0) is 15.0 Å². The number of nitriles is 1. The molecule has 0 radical (unpaired) electrons. The minimum atomic E-state index is -4.81. The third kappa shape index (κ3) is 6.64. The summed E-state index contributed by atoms with van der Waals surface area (Å²) in [7, 11) is -4.81. The largest absolute Gasteiger partial charge is 0.349 e. The molecule has 2 atom stereocenters. The average Bonchev–Trinajstić information content (AvgIpc) is 2.67. The quantitative estimate of drug-likeness (QED) is 0.584. The third-order valence-electron chi connectivity index (χ3n) is 4.16. The second-order valence-corrected chi connectivity index (χ2v) is 7.16. The number of carbonyl (C=O) groups excluding carboxylic acids is 2. The van der Waals surface area contributed by atoms with E-state index in [-0.39, 0.29) is 24.1 Å². The van der Waals surface area contributed by atoms with Gasteiger partial charge in [0.05, 0.1) is 16.9 Å². The van der Waals surface area contributed by atoms with Crippen LogP contribution in [0.1, 0.15) is 49.9 Å². The van der Waals surface area contributed by atoms with Gasteiger partial charge in [-0.2, -0.15) is 13.7 Å². The zero-order chi connectivity index (χ0) is 20.4. The Morgan fingerprint density at radius 3 is 2.33 bits per heavy atom. The molecule has 0 aromatic heterocycles. The predicted molar refractivity (Wildman–Crippen MR) is 97.9 cm³/mol. The average molecular weight is 397 g/mol. The van der Waals surface area contributed by atoms with Crippen LogP contribution >= 0.6 is 0 Å². The normalized spacial score (nSPS) is 19.0. The molecule has 1 aliphatic carbocycles. The van der Waals surface area contributed by atoms with E-state index in [1.54, 1.807) is 0 Å². The van der Waals surface area contributed by atoms with Gasteiger partial charge in [0.15, 0.2) is 0 Å². The van der Waals surface area contributed by atoms with Crippen molar-refractivity contribution in [2.24, 2.45) is 5.92 Å². The van der Waals surface area contributed by atoms with E-state index in [2.05, 4.69) is 10.6 Å². The van der Waals surface area contributed by atoms with Crippen LogP contribution in [0.15, 0.2) is 29.2 Å². The molecule has 2 N–H and O–H groups in total. The number of halogens is 1. The predicted octanol–water partition coefficient (Wildman–Crippen LogP) is 2.30. The van der Waals surface area contributed by atoms with E-state index in [9.17, 15) is 21.9 Å². The lowest BCUT2D eigenvalue weighted by Gasteiger charge is -2.31. The number of hydrogen-bond acceptors (Lipinski definition) is 5. The van der Waals surface area contributed by atoms with Crippen molar-refractivity contribution in [1.82, 2.24) is 10.6 Å². The molecule has 9 heteroatoms. The van der Waals surface area contributed by atoms with Crippen LogP contribution in [0.4, 0.5) is 3.89 Å². The molecule has 2 unspecified atom stereocenters. The zero-order valence-corrected chi connectivity index (χ0v) is 16.2. The van der Waals surface area contributed by atoms with Crippen LogP contribution in [-0.4, -0.2) is 32.8 Å². The molecule has 1 fully saturated rings. The van der Waals surface area contributed by atoms with Crippen LogP contribution in [0.5, 0.6) is 0 Å². The first kappa shape index (κ1) is 22.6. The second-order valence-electron chi connectivity index (χ2n) is 5.81. The molecule has 1 saturated carbocycles. The summed E-state index contributed by atoms with van der Waals surface area (Å²) in [6, 6.07) is 5.93. The molecule has 148 valence electrons.